The van der Waals surface area contributed by atoms with Gasteiger partial charge in [0.1, 0.15) is 5.82 Å². The van der Waals surface area contributed by atoms with Crippen molar-refractivity contribution in [1.82, 2.24) is 24.4 Å². The molecule has 1 fully saturated rings. The van der Waals surface area contributed by atoms with Crippen LogP contribution in [0.4, 0.5) is 0 Å². The van der Waals surface area contributed by atoms with Gasteiger partial charge in [0.25, 0.3) is 0 Å². The van der Waals surface area contributed by atoms with Crippen molar-refractivity contribution >= 4 is 21.1 Å². The lowest BCUT2D eigenvalue weighted by Gasteiger charge is -2.25. The molecule has 0 radical (unpaired) electrons. The topological polar surface area (TPSA) is 105 Å². The van der Waals surface area contributed by atoms with E-state index >= 15 is 0 Å². The van der Waals surface area contributed by atoms with Crippen molar-refractivity contribution in [1.29, 1.82) is 0 Å². The van der Waals surface area contributed by atoms with E-state index in [1.54, 1.807) is 28.6 Å². The number of imidazole rings is 1. The highest BCUT2D eigenvalue weighted by molar-refractivity contribution is 7.89. The van der Waals surface area contributed by atoms with Gasteiger partial charge in [0, 0.05) is 13.1 Å². The second-order valence-electron chi connectivity index (χ2n) is 7.82. The summed E-state index contributed by atoms with van der Waals surface area (Å²) in [5, 5.41) is 4.12. The predicted molar refractivity (Wildman–Crippen MR) is 116 cm³/mol. The Kier molecular flexibility index (Phi) is 5.07. The third kappa shape index (κ3) is 3.86. The molecule has 0 amide bonds. The molecule has 1 aliphatic heterocycles. The minimum Gasteiger partial charge on any atom is -0.342 e. The summed E-state index contributed by atoms with van der Waals surface area (Å²) >= 11 is 0. The van der Waals surface area contributed by atoms with Crippen molar-refractivity contribution in [2.75, 3.05) is 13.1 Å². The van der Waals surface area contributed by atoms with E-state index in [4.69, 9.17) is 4.52 Å². The highest BCUT2D eigenvalue weighted by Gasteiger charge is 2.25. The number of benzene rings is 2. The lowest BCUT2D eigenvalue weighted by molar-refractivity contribution is 0.346. The van der Waals surface area contributed by atoms with Gasteiger partial charge >= 0.3 is 0 Å². The van der Waals surface area contributed by atoms with E-state index < -0.39 is 10.0 Å². The molecule has 0 aliphatic carbocycles. The minimum absolute atomic E-state index is 0.324. The Morgan fingerprint density at radius 2 is 1.81 bits per heavy atom. The van der Waals surface area contributed by atoms with Crippen molar-refractivity contribution in [3.05, 3.63) is 59.7 Å². The van der Waals surface area contributed by atoms with Crippen molar-refractivity contribution in [3.63, 3.8) is 0 Å². The fourth-order valence-electron chi connectivity index (χ4n) is 3.98. The number of H-pyrrole nitrogens is 1. The number of fused-ring (bicyclic) bond motifs is 1. The number of aryl methyl sites for hydroxylation is 1. The monoisotopic (exact) mass is 437 g/mol. The molecule has 1 saturated heterocycles. The van der Waals surface area contributed by atoms with Gasteiger partial charge in [0.05, 0.1) is 27.9 Å². The number of sulfonamides is 1. The van der Waals surface area contributed by atoms with Crippen LogP contribution in [0.5, 0.6) is 0 Å². The average Bonchev–Trinajstić information content (AvgIpc) is 3.40. The first kappa shape index (κ1) is 19.9. The molecule has 3 heterocycles. The SMILES string of the molecule is Cc1nc2c(-c3noc(Cc4ccc(S(=O)(=O)N5CCCCC5)cc4)n3)cccc2[nH]1. The molecule has 4 aromatic rings. The molecule has 0 spiro atoms. The molecule has 1 aliphatic rings. The van der Waals surface area contributed by atoms with Gasteiger partial charge in [0.2, 0.25) is 21.7 Å². The van der Waals surface area contributed by atoms with Gasteiger partial charge in [-0.15, -0.1) is 0 Å². The van der Waals surface area contributed by atoms with Crippen molar-refractivity contribution in [2.45, 2.75) is 37.5 Å². The Morgan fingerprint density at radius 3 is 2.58 bits per heavy atom. The summed E-state index contributed by atoms with van der Waals surface area (Å²) in [4.78, 5) is 12.6. The van der Waals surface area contributed by atoms with Crippen LogP contribution in [0.2, 0.25) is 0 Å². The smallest absolute Gasteiger partial charge is 0.243 e. The number of rotatable bonds is 5. The Hall–Kier alpha value is -3.04. The number of piperidine rings is 1. The maximum absolute atomic E-state index is 12.8. The van der Waals surface area contributed by atoms with E-state index in [0.29, 0.717) is 36.1 Å². The van der Waals surface area contributed by atoms with Crippen molar-refractivity contribution < 1.29 is 12.9 Å². The number of nitrogens with one attached hydrogen (secondary N) is 1. The molecule has 0 unspecified atom stereocenters. The highest BCUT2D eigenvalue weighted by Crippen LogP contribution is 2.26. The van der Waals surface area contributed by atoms with Crippen LogP contribution in [0.1, 0.15) is 36.5 Å². The Morgan fingerprint density at radius 1 is 1.03 bits per heavy atom. The fraction of sp³-hybridized carbons (Fsp3) is 0.318. The summed E-state index contributed by atoms with van der Waals surface area (Å²) in [6, 6.07) is 12.7. The Labute approximate surface area is 180 Å². The van der Waals surface area contributed by atoms with E-state index in [0.717, 1.165) is 47.2 Å². The van der Waals surface area contributed by atoms with Gasteiger partial charge < -0.3 is 9.51 Å². The van der Waals surface area contributed by atoms with E-state index in [-0.39, 0.29) is 0 Å². The zero-order valence-corrected chi connectivity index (χ0v) is 18.0. The lowest BCUT2D eigenvalue weighted by atomic mass is 10.1. The summed E-state index contributed by atoms with van der Waals surface area (Å²) in [6.45, 7) is 3.09. The van der Waals surface area contributed by atoms with Gasteiger partial charge in [-0.3, -0.25) is 0 Å². The van der Waals surface area contributed by atoms with E-state index in [1.807, 2.05) is 25.1 Å². The molecule has 8 nitrogen and oxygen atoms in total. The number of nitrogens with zero attached hydrogens (tertiary/aromatic N) is 4. The minimum atomic E-state index is -3.43. The third-order valence-corrected chi connectivity index (χ3v) is 7.48. The summed E-state index contributed by atoms with van der Waals surface area (Å²) in [6.07, 6.45) is 3.35. The molecule has 0 atom stereocenters. The van der Waals surface area contributed by atoms with Crippen LogP contribution >= 0.6 is 0 Å². The normalized spacial score (nSPS) is 15.5. The first-order valence-electron chi connectivity index (χ1n) is 10.4. The van der Waals surface area contributed by atoms with Crippen LogP contribution in [0.15, 0.2) is 51.9 Å². The maximum Gasteiger partial charge on any atom is 0.243 e. The van der Waals surface area contributed by atoms with E-state index in [2.05, 4.69) is 20.1 Å². The Bertz CT molecular complexity index is 1320. The first-order valence-corrected chi connectivity index (χ1v) is 11.8. The molecule has 2 aromatic heterocycles. The summed E-state index contributed by atoms with van der Waals surface area (Å²) in [7, 11) is -3.43. The standard InChI is InChI=1S/C22H23N5O3S/c1-15-23-19-7-5-6-18(21(19)24-15)22-25-20(30-26-22)14-16-8-10-17(11-9-16)31(28,29)27-12-3-2-4-13-27/h5-11H,2-4,12-14H2,1H3,(H,23,24). The summed E-state index contributed by atoms with van der Waals surface area (Å²) in [5.41, 5.74) is 3.44. The molecule has 0 saturated carbocycles. The number of aromatic amines is 1. The van der Waals surface area contributed by atoms with Gasteiger partial charge in [0.15, 0.2) is 0 Å². The summed E-state index contributed by atoms with van der Waals surface area (Å²) in [5.74, 6) is 1.77. The third-order valence-electron chi connectivity index (χ3n) is 5.57. The molecule has 1 N–H and O–H groups in total. The van der Waals surface area contributed by atoms with Gasteiger partial charge in [-0.05, 0) is 49.6 Å². The lowest BCUT2D eigenvalue weighted by Crippen LogP contribution is -2.35. The van der Waals surface area contributed by atoms with Crippen LogP contribution < -0.4 is 0 Å². The van der Waals surface area contributed by atoms with E-state index in [9.17, 15) is 8.42 Å². The second kappa shape index (κ2) is 7.90. The number of hydrogen-bond donors (Lipinski definition) is 1. The molecule has 9 heteroatoms. The zero-order valence-electron chi connectivity index (χ0n) is 17.2. The molecule has 0 bridgehead atoms. The summed E-state index contributed by atoms with van der Waals surface area (Å²) < 4.78 is 32.6. The molecule has 31 heavy (non-hydrogen) atoms. The first-order chi connectivity index (χ1) is 15.0. The van der Waals surface area contributed by atoms with Gasteiger partial charge in [-0.25, -0.2) is 13.4 Å². The molecule has 5 rings (SSSR count). The largest absolute Gasteiger partial charge is 0.342 e. The highest BCUT2D eigenvalue weighted by atomic mass is 32.2. The average molecular weight is 438 g/mol. The quantitative estimate of drug-likeness (QED) is 0.511. The molecule has 2 aromatic carbocycles. The molecular weight excluding hydrogens is 414 g/mol. The second-order valence-corrected chi connectivity index (χ2v) is 9.76. The van der Waals surface area contributed by atoms with E-state index in [1.165, 1.54) is 0 Å². The van der Waals surface area contributed by atoms with Crippen LogP contribution in [0, 0.1) is 6.92 Å². The zero-order chi connectivity index (χ0) is 21.4. The van der Waals surface area contributed by atoms with Gasteiger partial charge in [-0.2, -0.15) is 9.29 Å². The number of para-hydroxylation sites is 1. The van der Waals surface area contributed by atoms with Crippen LogP contribution in [-0.2, 0) is 16.4 Å². The Balaban J connectivity index is 1.35. The maximum atomic E-state index is 12.8. The predicted octanol–water partition coefficient (Wildman–Crippen LogP) is 3.69. The molecular formula is C22H23N5O3S. The molecule has 160 valence electrons. The number of hydrogen-bond acceptors (Lipinski definition) is 6. The van der Waals surface area contributed by atoms with Crippen molar-refractivity contribution in [2.24, 2.45) is 0 Å². The van der Waals surface area contributed by atoms with Crippen molar-refractivity contribution in [3.8, 4) is 11.4 Å². The van der Waals surface area contributed by atoms with Crippen LogP contribution in [-0.4, -0.2) is 45.9 Å². The van der Waals surface area contributed by atoms with Crippen LogP contribution in [0.3, 0.4) is 0 Å². The van der Waals surface area contributed by atoms with Gasteiger partial charge in [-0.1, -0.05) is 29.8 Å². The van der Waals surface area contributed by atoms with Crippen LogP contribution in [0.25, 0.3) is 22.4 Å². The fourth-order valence-corrected chi connectivity index (χ4v) is 5.50. The number of aromatic nitrogens is 4.